The van der Waals surface area contributed by atoms with Gasteiger partial charge in [0, 0.05) is 10.2 Å². The molecule has 0 bridgehead atoms. The van der Waals surface area contributed by atoms with E-state index in [2.05, 4.69) is 27.3 Å². The number of nitrogens with one attached hydrogen (secondary N) is 1. The van der Waals surface area contributed by atoms with Crippen LogP contribution in [0.2, 0.25) is 0 Å². The van der Waals surface area contributed by atoms with E-state index >= 15 is 0 Å². The van der Waals surface area contributed by atoms with Crippen molar-refractivity contribution in [3.63, 3.8) is 0 Å². The lowest BCUT2D eigenvalue weighted by molar-refractivity contribution is -0.113. The Kier molecular flexibility index (Phi) is 6.71. The lowest BCUT2D eigenvalue weighted by atomic mass is 10.2. The van der Waals surface area contributed by atoms with Gasteiger partial charge in [-0.05, 0) is 42.3 Å². The van der Waals surface area contributed by atoms with Gasteiger partial charge in [-0.2, -0.15) is 5.26 Å². The number of benzene rings is 2. The van der Waals surface area contributed by atoms with Gasteiger partial charge in [0.25, 0.3) is 0 Å². The van der Waals surface area contributed by atoms with Gasteiger partial charge in [-0.3, -0.25) is 4.79 Å². The molecule has 0 aliphatic rings. The zero-order chi connectivity index (χ0) is 17.5. The predicted octanol–water partition coefficient (Wildman–Crippen LogP) is 4.51. The van der Waals surface area contributed by atoms with Crippen LogP contribution in [0.15, 0.2) is 40.9 Å². The summed E-state index contributed by atoms with van der Waals surface area (Å²) in [6.07, 6.45) is 0. The van der Waals surface area contributed by atoms with Gasteiger partial charge < -0.3 is 10.1 Å². The Morgan fingerprint density at radius 1 is 1.33 bits per heavy atom. The van der Waals surface area contributed by atoms with Gasteiger partial charge >= 0.3 is 0 Å². The highest BCUT2D eigenvalue weighted by Crippen LogP contribution is 2.32. The van der Waals surface area contributed by atoms with E-state index in [1.54, 1.807) is 19.2 Å². The highest BCUT2D eigenvalue weighted by atomic mass is 79.9. The molecule has 6 heteroatoms. The Labute approximate surface area is 154 Å². The second-order valence-corrected chi connectivity index (χ2v) is 7.05. The first-order valence-corrected chi connectivity index (χ1v) is 9.19. The van der Waals surface area contributed by atoms with Crippen LogP contribution in [0.25, 0.3) is 0 Å². The number of nitrogens with zero attached hydrogens (tertiary/aromatic N) is 1. The van der Waals surface area contributed by atoms with Crippen LogP contribution in [0.5, 0.6) is 5.75 Å². The van der Waals surface area contributed by atoms with Crippen molar-refractivity contribution in [1.29, 1.82) is 5.26 Å². The molecule has 0 radical (unpaired) electrons. The molecule has 0 saturated heterocycles. The van der Waals surface area contributed by atoms with Crippen LogP contribution < -0.4 is 10.1 Å². The SMILES string of the molecule is COc1cc(Br)cc(C)c1NC(=O)CSCc1ccc(C#N)cc1. The molecular weight excluding hydrogens is 388 g/mol. The third-order valence-electron chi connectivity index (χ3n) is 3.33. The number of anilines is 1. The van der Waals surface area contributed by atoms with Crippen molar-refractivity contribution in [2.24, 2.45) is 0 Å². The number of hydrogen-bond donors (Lipinski definition) is 1. The number of methoxy groups -OCH3 is 1. The zero-order valence-corrected chi connectivity index (χ0v) is 15.8. The van der Waals surface area contributed by atoms with Crippen molar-refractivity contribution >= 4 is 39.3 Å². The smallest absolute Gasteiger partial charge is 0.234 e. The predicted molar refractivity (Wildman–Crippen MR) is 101 cm³/mol. The number of amides is 1. The molecule has 0 aromatic heterocycles. The maximum absolute atomic E-state index is 12.2. The minimum atomic E-state index is -0.0719. The molecule has 2 aromatic carbocycles. The fraction of sp³-hybridized carbons (Fsp3) is 0.222. The van der Waals surface area contributed by atoms with Gasteiger partial charge in [-0.1, -0.05) is 28.1 Å². The molecule has 24 heavy (non-hydrogen) atoms. The molecule has 0 fully saturated rings. The number of hydrogen-bond acceptors (Lipinski definition) is 4. The van der Waals surface area contributed by atoms with E-state index in [0.29, 0.717) is 22.8 Å². The number of carbonyl (C=O) groups excluding carboxylic acids is 1. The molecule has 0 heterocycles. The van der Waals surface area contributed by atoms with E-state index < -0.39 is 0 Å². The van der Waals surface area contributed by atoms with Crippen molar-refractivity contribution in [3.05, 3.63) is 57.6 Å². The Bertz CT molecular complexity index is 770. The lowest BCUT2D eigenvalue weighted by Gasteiger charge is -2.13. The van der Waals surface area contributed by atoms with E-state index in [1.807, 2.05) is 31.2 Å². The minimum absolute atomic E-state index is 0.0719. The summed E-state index contributed by atoms with van der Waals surface area (Å²) in [6, 6.07) is 13.2. The molecule has 0 aliphatic heterocycles. The molecule has 0 unspecified atom stereocenters. The summed E-state index contributed by atoms with van der Waals surface area (Å²) in [5, 5.41) is 11.7. The molecular formula is C18H17BrN2O2S. The van der Waals surface area contributed by atoms with Crippen LogP contribution in [-0.2, 0) is 10.5 Å². The topological polar surface area (TPSA) is 62.1 Å². The molecule has 0 spiro atoms. The second-order valence-electron chi connectivity index (χ2n) is 5.15. The third kappa shape index (κ3) is 5.02. The van der Waals surface area contributed by atoms with Crippen LogP contribution in [-0.4, -0.2) is 18.8 Å². The van der Waals surface area contributed by atoms with Gasteiger partial charge in [0.2, 0.25) is 5.91 Å². The average Bonchev–Trinajstić information content (AvgIpc) is 2.57. The molecule has 0 saturated carbocycles. The van der Waals surface area contributed by atoms with E-state index in [-0.39, 0.29) is 5.91 Å². The Hall–Kier alpha value is -1.97. The number of halogens is 1. The van der Waals surface area contributed by atoms with Crippen LogP contribution >= 0.6 is 27.7 Å². The Balaban J connectivity index is 1.91. The summed E-state index contributed by atoms with van der Waals surface area (Å²) >= 11 is 4.94. The first-order valence-electron chi connectivity index (χ1n) is 7.24. The van der Waals surface area contributed by atoms with Crippen molar-refractivity contribution < 1.29 is 9.53 Å². The minimum Gasteiger partial charge on any atom is -0.495 e. The fourth-order valence-corrected chi connectivity index (χ4v) is 3.49. The van der Waals surface area contributed by atoms with E-state index in [1.165, 1.54) is 11.8 Å². The number of aryl methyl sites for hydroxylation is 1. The Morgan fingerprint density at radius 2 is 2.04 bits per heavy atom. The first kappa shape index (κ1) is 18.4. The van der Waals surface area contributed by atoms with Crippen molar-refractivity contribution in [3.8, 4) is 11.8 Å². The Morgan fingerprint density at radius 3 is 2.67 bits per heavy atom. The lowest BCUT2D eigenvalue weighted by Crippen LogP contribution is -2.15. The second kappa shape index (κ2) is 8.76. The third-order valence-corrected chi connectivity index (χ3v) is 4.79. The molecule has 1 amide bonds. The van der Waals surface area contributed by atoms with Crippen LogP contribution in [0, 0.1) is 18.3 Å². The van der Waals surface area contributed by atoms with Gasteiger partial charge in [-0.15, -0.1) is 11.8 Å². The van der Waals surface area contributed by atoms with Gasteiger partial charge in [0.15, 0.2) is 0 Å². The van der Waals surface area contributed by atoms with Crippen molar-refractivity contribution in [2.75, 3.05) is 18.2 Å². The molecule has 0 aliphatic carbocycles. The largest absolute Gasteiger partial charge is 0.495 e. The van der Waals surface area contributed by atoms with Crippen LogP contribution in [0.4, 0.5) is 5.69 Å². The number of thioether (sulfide) groups is 1. The van der Waals surface area contributed by atoms with E-state index in [9.17, 15) is 4.79 Å². The van der Waals surface area contributed by atoms with Gasteiger partial charge in [0.05, 0.1) is 30.2 Å². The van der Waals surface area contributed by atoms with E-state index in [0.717, 1.165) is 21.4 Å². The summed E-state index contributed by atoms with van der Waals surface area (Å²) in [4.78, 5) is 12.2. The maximum Gasteiger partial charge on any atom is 0.234 e. The number of rotatable bonds is 6. The summed E-state index contributed by atoms with van der Waals surface area (Å²) in [7, 11) is 1.58. The molecule has 0 atom stereocenters. The summed E-state index contributed by atoms with van der Waals surface area (Å²) in [5.74, 6) is 1.62. The molecule has 124 valence electrons. The fourth-order valence-electron chi connectivity index (χ4n) is 2.15. The monoisotopic (exact) mass is 404 g/mol. The standard InChI is InChI=1S/C18H17BrN2O2S/c1-12-7-15(19)8-16(23-2)18(12)21-17(22)11-24-10-14-5-3-13(9-20)4-6-14/h3-8H,10-11H2,1-2H3,(H,21,22). The first-order chi connectivity index (χ1) is 11.5. The number of carbonyl (C=O) groups is 1. The van der Waals surface area contributed by atoms with Gasteiger partial charge in [-0.25, -0.2) is 0 Å². The summed E-state index contributed by atoms with van der Waals surface area (Å²) < 4.78 is 6.23. The van der Waals surface area contributed by atoms with E-state index in [4.69, 9.17) is 10.00 Å². The molecule has 2 aromatic rings. The van der Waals surface area contributed by atoms with Gasteiger partial charge in [0.1, 0.15) is 5.75 Å². The highest BCUT2D eigenvalue weighted by molar-refractivity contribution is 9.10. The highest BCUT2D eigenvalue weighted by Gasteiger charge is 2.11. The van der Waals surface area contributed by atoms with Crippen molar-refractivity contribution in [2.45, 2.75) is 12.7 Å². The number of ether oxygens (including phenoxy) is 1. The summed E-state index contributed by atoms with van der Waals surface area (Å²) in [6.45, 7) is 1.92. The molecule has 2 rings (SSSR count). The van der Waals surface area contributed by atoms with Crippen LogP contribution in [0.3, 0.4) is 0 Å². The molecule has 1 N–H and O–H groups in total. The zero-order valence-electron chi connectivity index (χ0n) is 13.4. The maximum atomic E-state index is 12.2. The van der Waals surface area contributed by atoms with Crippen molar-refractivity contribution in [1.82, 2.24) is 0 Å². The van der Waals surface area contributed by atoms with Crippen LogP contribution in [0.1, 0.15) is 16.7 Å². The number of nitriles is 1. The quantitative estimate of drug-likeness (QED) is 0.768. The average molecular weight is 405 g/mol. The normalized spacial score (nSPS) is 10.1. The summed E-state index contributed by atoms with van der Waals surface area (Å²) in [5.41, 5.74) is 3.36. The molecule has 4 nitrogen and oxygen atoms in total.